The number of hydrogen-bond acceptors (Lipinski definition) is 4. The van der Waals surface area contributed by atoms with E-state index in [1.807, 2.05) is 0 Å². The maximum Gasteiger partial charge on any atom is 0.128 e. The second-order valence-corrected chi connectivity index (χ2v) is 7.43. The molecule has 5 heteroatoms. The van der Waals surface area contributed by atoms with Gasteiger partial charge in [-0.3, -0.25) is 4.90 Å². The molecule has 0 saturated carbocycles. The predicted octanol–water partition coefficient (Wildman–Crippen LogP) is 3.28. The van der Waals surface area contributed by atoms with Gasteiger partial charge in [-0.2, -0.15) is 0 Å². The van der Waals surface area contributed by atoms with Crippen molar-refractivity contribution in [3.05, 3.63) is 59.8 Å². The van der Waals surface area contributed by atoms with Crippen molar-refractivity contribution >= 4 is 18.2 Å². The summed E-state index contributed by atoms with van der Waals surface area (Å²) in [6, 6.07) is 15.3. The zero-order valence-electron chi connectivity index (χ0n) is 15.3. The first kappa shape index (κ1) is 19.2. The van der Waals surface area contributed by atoms with Gasteiger partial charge in [-0.1, -0.05) is 36.4 Å². The summed E-state index contributed by atoms with van der Waals surface area (Å²) < 4.78 is 0. The summed E-state index contributed by atoms with van der Waals surface area (Å²) in [7, 11) is 0. The number of halogens is 1. The Bertz CT molecular complexity index is 670. The van der Waals surface area contributed by atoms with Gasteiger partial charge in [0, 0.05) is 44.8 Å². The minimum atomic E-state index is 0. The van der Waals surface area contributed by atoms with Crippen LogP contribution in [0.5, 0.6) is 0 Å². The van der Waals surface area contributed by atoms with Crippen LogP contribution in [0.4, 0.5) is 5.82 Å². The van der Waals surface area contributed by atoms with Crippen LogP contribution >= 0.6 is 12.4 Å². The Morgan fingerprint density at radius 2 is 1.77 bits per heavy atom. The number of anilines is 1. The van der Waals surface area contributed by atoms with Crippen molar-refractivity contribution in [1.29, 1.82) is 0 Å². The molecule has 26 heavy (non-hydrogen) atoms. The van der Waals surface area contributed by atoms with E-state index in [0.29, 0.717) is 11.8 Å². The van der Waals surface area contributed by atoms with Crippen molar-refractivity contribution in [3.8, 4) is 0 Å². The third-order valence-electron chi connectivity index (χ3n) is 5.69. The van der Waals surface area contributed by atoms with Crippen LogP contribution in [0.1, 0.15) is 29.9 Å². The Morgan fingerprint density at radius 3 is 2.42 bits per heavy atom. The number of aromatic nitrogens is 1. The Morgan fingerprint density at radius 1 is 1.00 bits per heavy atom. The van der Waals surface area contributed by atoms with Crippen LogP contribution in [0, 0.1) is 5.92 Å². The average molecular weight is 373 g/mol. The molecule has 0 amide bonds. The second kappa shape index (κ2) is 8.85. The minimum Gasteiger partial charge on any atom is -0.357 e. The normalized spacial score (nSPS) is 23.2. The first-order chi connectivity index (χ1) is 12.3. The van der Waals surface area contributed by atoms with E-state index in [2.05, 4.69) is 58.5 Å². The molecule has 2 fully saturated rings. The second-order valence-electron chi connectivity index (χ2n) is 7.43. The Balaban J connectivity index is 0.00000196. The standard InChI is InChI=1S/C21H28N4.ClH/c22-12-19-15-24(16-20(19)18-6-2-1-3-7-18)14-17-8-9-21(23-13-17)25-10-4-5-11-25;/h1-3,6-9,13,19-20H,4-5,10-12,14-16,22H2;1H/t19-,20+;/m1./s1. The number of nitrogens with zero attached hydrogens (tertiary/aromatic N) is 3. The number of benzene rings is 1. The first-order valence-corrected chi connectivity index (χ1v) is 9.51. The van der Waals surface area contributed by atoms with Crippen LogP contribution in [0.25, 0.3) is 0 Å². The van der Waals surface area contributed by atoms with Crippen LogP contribution in [0.3, 0.4) is 0 Å². The fourth-order valence-corrected chi connectivity index (χ4v) is 4.31. The molecule has 1 aromatic carbocycles. The molecule has 1 aromatic heterocycles. The summed E-state index contributed by atoms with van der Waals surface area (Å²) in [5, 5.41) is 0. The van der Waals surface area contributed by atoms with Gasteiger partial charge in [-0.25, -0.2) is 4.98 Å². The topological polar surface area (TPSA) is 45.4 Å². The van der Waals surface area contributed by atoms with Gasteiger partial charge in [-0.15, -0.1) is 12.4 Å². The molecule has 2 aliphatic heterocycles. The zero-order valence-corrected chi connectivity index (χ0v) is 16.1. The lowest BCUT2D eigenvalue weighted by atomic mass is 9.89. The lowest BCUT2D eigenvalue weighted by Crippen LogP contribution is -2.23. The van der Waals surface area contributed by atoms with Crippen LogP contribution in [-0.4, -0.2) is 42.6 Å². The number of rotatable bonds is 5. The molecule has 0 spiro atoms. The maximum absolute atomic E-state index is 6.06. The van der Waals surface area contributed by atoms with Crippen molar-refractivity contribution in [2.45, 2.75) is 25.3 Å². The number of nitrogens with two attached hydrogens (primary N) is 1. The molecule has 2 N–H and O–H groups in total. The van der Waals surface area contributed by atoms with Gasteiger partial charge in [0.25, 0.3) is 0 Å². The lowest BCUT2D eigenvalue weighted by molar-refractivity contribution is 0.316. The molecular weight excluding hydrogens is 344 g/mol. The van der Waals surface area contributed by atoms with Gasteiger partial charge < -0.3 is 10.6 Å². The van der Waals surface area contributed by atoms with E-state index in [1.165, 1.54) is 24.0 Å². The van der Waals surface area contributed by atoms with E-state index in [9.17, 15) is 0 Å². The molecule has 3 heterocycles. The zero-order chi connectivity index (χ0) is 17.1. The summed E-state index contributed by atoms with van der Waals surface area (Å²) in [5.74, 6) is 2.21. The van der Waals surface area contributed by atoms with E-state index in [0.717, 1.165) is 45.1 Å². The summed E-state index contributed by atoms with van der Waals surface area (Å²) in [6.07, 6.45) is 4.64. The first-order valence-electron chi connectivity index (χ1n) is 9.51. The highest BCUT2D eigenvalue weighted by Crippen LogP contribution is 2.32. The van der Waals surface area contributed by atoms with Gasteiger partial charge in [-0.05, 0) is 42.5 Å². The molecule has 0 unspecified atom stereocenters. The molecular formula is C21H29ClN4. The van der Waals surface area contributed by atoms with Gasteiger partial charge in [0.15, 0.2) is 0 Å². The molecule has 0 radical (unpaired) electrons. The summed E-state index contributed by atoms with van der Waals surface area (Å²) in [5.41, 5.74) is 8.78. The number of pyridine rings is 1. The van der Waals surface area contributed by atoms with Gasteiger partial charge in [0.2, 0.25) is 0 Å². The molecule has 2 atom stereocenters. The molecule has 2 aliphatic rings. The molecule has 4 rings (SSSR count). The Labute approximate surface area is 162 Å². The third kappa shape index (κ3) is 4.20. The highest BCUT2D eigenvalue weighted by molar-refractivity contribution is 5.85. The molecule has 140 valence electrons. The molecule has 4 nitrogen and oxygen atoms in total. The summed E-state index contributed by atoms with van der Waals surface area (Å²) >= 11 is 0. The summed E-state index contributed by atoms with van der Waals surface area (Å²) in [4.78, 5) is 9.61. The monoisotopic (exact) mass is 372 g/mol. The fourth-order valence-electron chi connectivity index (χ4n) is 4.31. The lowest BCUT2D eigenvalue weighted by Gasteiger charge is -2.18. The highest BCUT2D eigenvalue weighted by atomic mass is 35.5. The van der Waals surface area contributed by atoms with E-state index in [4.69, 9.17) is 10.7 Å². The van der Waals surface area contributed by atoms with Crippen molar-refractivity contribution in [1.82, 2.24) is 9.88 Å². The Kier molecular flexibility index (Phi) is 6.52. The van der Waals surface area contributed by atoms with E-state index < -0.39 is 0 Å². The molecule has 2 saturated heterocycles. The van der Waals surface area contributed by atoms with E-state index in [-0.39, 0.29) is 12.4 Å². The average Bonchev–Trinajstić information content (AvgIpc) is 3.33. The van der Waals surface area contributed by atoms with Crippen LogP contribution in [0.2, 0.25) is 0 Å². The number of likely N-dealkylation sites (tertiary alicyclic amines) is 1. The predicted molar refractivity (Wildman–Crippen MR) is 110 cm³/mol. The van der Waals surface area contributed by atoms with E-state index >= 15 is 0 Å². The smallest absolute Gasteiger partial charge is 0.128 e. The third-order valence-corrected chi connectivity index (χ3v) is 5.69. The molecule has 2 aromatic rings. The molecule has 0 aliphatic carbocycles. The Hall–Kier alpha value is -1.62. The number of hydrogen-bond donors (Lipinski definition) is 1. The van der Waals surface area contributed by atoms with Crippen LogP contribution in [0.15, 0.2) is 48.7 Å². The van der Waals surface area contributed by atoms with Crippen LogP contribution < -0.4 is 10.6 Å². The minimum absolute atomic E-state index is 0. The van der Waals surface area contributed by atoms with Crippen molar-refractivity contribution in [2.75, 3.05) is 37.6 Å². The summed E-state index contributed by atoms with van der Waals surface area (Å²) in [6.45, 7) is 6.17. The van der Waals surface area contributed by atoms with Crippen molar-refractivity contribution < 1.29 is 0 Å². The van der Waals surface area contributed by atoms with Gasteiger partial charge in [0.05, 0.1) is 0 Å². The van der Waals surface area contributed by atoms with Crippen molar-refractivity contribution in [2.24, 2.45) is 11.7 Å². The SMILES string of the molecule is Cl.NC[C@@H]1CN(Cc2ccc(N3CCCC3)nc2)C[C@H]1c1ccccc1. The van der Waals surface area contributed by atoms with Crippen LogP contribution in [-0.2, 0) is 6.54 Å². The van der Waals surface area contributed by atoms with Gasteiger partial charge in [0.1, 0.15) is 5.82 Å². The maximum atomic E-state index is 6.06. The molecule has 0 bridgehead atoms. The largest absolute Gasteiger partial charge is 0.357 e. The van der Waals surface area contributed by atoms with Gasteiger partial charge >= 0.3 is 0 Å². The highest BCUT2D eigenvalue weighted by Gasteiger charge is 2.32. The van der Waals surface area contributed by atoms with E-state index in [1.54, 1.807) is 0 Å². The fraction of sp³-hybridized carbons (Fsp3) is 0.476. The van der Waals surface area contributed by atoms with Crippen molar-refractivity contribution in [3.63, 3.8) is 0 Å². The quantitative estimate of drug-likeness (QED) is 0.874.